The van der Waals surface area contributed by atoms with Crippen LogP contribution in [0.2, 0.25) is 0 Å². The van der Waals surface area contributed by atoms with Crippen molar-refractivity contribution in [1.82, 2.24) is 15.2 Å². The van der Waals surface area contributed by atoms with Crippen molar-refractivity contribution >= 4 is 30.7 Å². The lowest BCUT2D eigenvalue weighted by Gasteiger charge is -2.36. The number of hydrogen-bond acceptors (Lipinski definition) is 6. The first-order chi connectivity index (χ1) is 12.7. The lowest BCUT2D eigenvalue weighted by Crippen LogP contribution is -2.55. The predicted molar refractivity (Wildman–Crippen MR) is 111 cm³/mol. The number of hydrogen-bond donors (Lipinski definition) is 1. The third-order valence-electron chi connectivity index (χ3n) is 4.33. The van der Waals surface area contributed by atoms with E-state index in [4.69, 9.17) is 14.2 Å². The standard InChI is InChI=1S/C19H23N3O4.2ClH/c1-24-15-5-6-17(18(10-15)25-2)19(23)22-9-8-21-11-14(22)13-26-16-4-3-7-20-12-16;;/h3-7,10,12,14,21H,8-9,11,13H2,1-2H3;2*1H. The zero-order chi connectivity index (χ0) is 18.4. The Morgan fingerprint density at radius 2 is 2.04 bits per heavy atom. The van der Waals surface area contributed by atoms with E-state index in [-0.39, 0.29) is 36.8 Å². The molecule has 1 aliphatic rings. The molecule has 0 spiro atoms. The van der Waals surface area contributed by atoms with Gasteiger partial charge in [0.15, 0.2) is 0 Å². The summed E-state index contributed by atoms with van der Waals surface area (Å²) in [6.07, 6.45) is 3.36. The van der Waals surface area contributed by atoms with E-state index in [1.54, 1.807) is 44.8 Å². The minimum atomic E-state index is -0.0803. The summed E-state index contributed by atoms with van der Waals surface area (Å²) < 4.78 is 16.4. The molecule has 0 saturated carbocycles. The average Bonchev–Trinajstić information content (AvgIpc) is 2.72. The van der Waals surface area contributed by atoms with E-state index in [0.717, 1.165) is 6.54 Å². The number of carbonyl (C=O) groups is 1. The van der Waals surface area contributed by atoms with E-state index in [0.29, 0.717) is 42.5 Å². The maximum absolute atomic E-state index is 13.1. The van der Waals surface area contributed by atoms with Crippen molar-refractivity contribution < 1.29 is 19.0 Å². The Hall–Kier alpha value is -2.22. The molecule has 1 aliphatic heterocycles. The minimum Gasteiger partial charge on any atom is -0.497 e. The van der Waals surface area contributed by atoms with Gasteiger partial charge in [0.2, 0.25) is 0 Å². The Bertz CT molecular complexity index is 749. The number of methoxy groups -OCH3 is 2. The van der Waals surface area contributed by atoms with Crippen LogP contribution in [0.5, 0.6) is 17.2 Å². The van der Waals surface area contributed by atoms with Gasteiger partial charge in [0.05, 0.1) is 32.0 Å². The SMILES string of the molecule is COc1ccc(C(=O)N2CCNCC2COc2cccnc2)c(OC)c1.Cl.Cl. The minimum absolute atomic E-state index is 0. The van der Waals surface area contributed by atoms with Crippen molar-refractivity contribution in [2.75, 3.05) is 40.5 Å². The van der Waals surface area contributed by atoms with Gasteiger partial charge in [-0.2, -0.15) is 0 Å². The van der Waals surface area contributed by atoms with Crippen LogP contribution < -0.4 is 19.5 Å². The Labute approximate surface area is 177 Å². The molecule has 1 fully saturated rings. The van der Waals surface area contributed by atoms with E-state index in [9.17, 15) is 4.79 Å². The first kappa shape index (κ1) is 23.8. The number of pyridine rings is 1. The number of benzene rings is 1. The second-order valence-corrected chi connectivity index (χ2v) is 5.92. The van der Waals surface area contributed by atoms with Crippen molar-refractivity contribution in [2.45, 2.75) is 6.04 Å². The summed E-state index contributed by atoms with van der Waals surface area (Å²) in [7, 11) is 3.13. The number of nitrogens with zero attached hydrogens (tertiary/aromatic N) is 2. The van der Waals surface area contributed by atoms with Crippen LogP contribution in [0, 0.1) is 0 Å². The molecule has 2 heterocycles. The van der Waals surface area contributed by atoms with Crippen LogP contribution in [0.15, 0.2) is 42.7 Å². The molecule has 154 valence electrons. The molecule has 7 nitrogen and oxygen atoms in total. The van der Waals surface area contributed by atoms with Gasteiger partial charge in [-0.05, 0) is 24.3 Å². The zero-order valence-corrected chi connectivity index (χ0v) is 17.4. The third-order valence-corrected chi connectivity index (χ3v) is 4.33. The summed E-state index contributed by atoms with van der Waals surface area (Å²) >= 11 is 0. The highest BCUT2D eigenvalue weighted by Crippen LogP contribution is 2.26. The fourth-order valence-electron chi connectivity index (χ4n) is 2.93. The van der Waals surface area contributed by atoms with Crippen LogP contribution in [-0.2, 0) is 0 Å². The summed E-state index contributed by atoms with van der Waals surface area (Å²) in [6.45, 7) is 2.41. The second kappa shape index (κ2) is 11.6. The first-order valence-electron chi connectivity index (χ1n) is 8.49. The van der Waals surface area contributed by atoms with Gasteiger partial charge in [0.1, 0.15) is 23.9 Å². The van der Waals surface area contributed by atoms with Crippen LogP contribution in [0.4, 0.5) is 0 Å². The molecule has 0 radical (unpaired) electrons. The summed E-state index contributed by atoms with van der Waals surface area (Å²) in [5, 5.41) is 3.31. The third kappa shape index (κ3) is 5.64. The topological polar surface area (TPSA) is 72.9 Å². The molecule has 0 aliphatic carbocycles. The number of carbonyl (C=O) groups excluding carboxylic acids is 1. The highest BCUT2D eigenvalue weighted by atomic mass is 35.5. The Morgan fingerprint density at radius 3 is 2.71 bits per heavy atom. The van der Waals surface area contributed by atoms with Gasteiger partial charge in [0.25, 0.3) is 5.91 Å². The van der Waals surface area contributed by atoms with E-state index < -0.39 is 0 Å². The monoisotopic (exact) mass is 429 g/mol. The summed E-state index contributed by atoms with van der Waals surface area (Å²) in [4.78, 5) is 19.0. The quantitative estimate of drug-likeness (QED) is 0.759. The number of amides is 1. The van der Waals surface area contributed by atoms with E-state index in [1.165, 1.54) is 0 Å². The maximum atomic E-state index is 13.1. The van der Waals surface area contributed by atoms with Gasteiger partial charge in [0, 0.05) is 31.9 Å². The van der Waals surface area contributed by atoms with Crippen LogP contribution in [0.25, 0.3) is 0 Å². The van der Waals surface area contributed by atoms with Crippen LogP contribution >= 0.6 is 24.8 Å². The molecule has 28 heavy (non-hydrogen) atoms. The highest BCUT2D eigenvalue weighted by molar-refractivity contribution is 5.97. The molecule has 0 bridgehead atoms. The normalized spacial score (nSPS) is 15.6. The number of piperazine rings is 1. The number of aromatic nitrogens is 1. The molecule has 3 rings (SSSR count). The van der Waals surface area contributed by atoms with Crippen molar-refractivity contribution in [3.63, 3.8) is 0 Å². The van der Waals surface area contributed by atoms with Crippen molar-refractivity contribution in [1.29, 1.82) is 0 Å². The molecular weight excluding hydrogens is 405 g/mol. The molecule has 1 N–H and O–H groups in total. The number of rotatable bonds is 6. The van der Waals surface area contributed by atoms with Gasteiger partial charge in [-0.3, -0.25) is 9.78 Å². The number of halogens is 2. The molecule has 1 atom stereocenters. The van der Waals surface area contributed by atoms with Gasteiger partial charge in [-0.15, -0.1) is 24.8 Å². The van der Waals surface area contributed by atoms with Crippen molar-refractivity contribution in [3.8, 4) is 17.2 Å². The Kier molecular flexibility index (Phi) is 9.85. The number of nitrogens with one attached hydrogen (secondary N) is 1. The van der Waals surface area contributed by atoms with Gasteiger partial charge in [-0.25, -0.2) is 0 Å². The first-order valence-corrected chi connectivity index (χ1v) is 8.49. The smallest absolute Gasteiger partial charge is 0.258 e. The molecule has 1 amide bonds. The lowest BCUT2D eigenvalue weighted by atomic mass is 10.1. The molecule has 1 aromatic heterocycles. The van der Waals surface area contributed by atoms with Crippen molar-refractivity contribution in [3.05, 3.63) is 48.3 Å². The second-order valence-electron chi connectivity index (χ2n) is 5.92. The maximum Gasteiger partial charge on any atom is 0.258 e. The van der Waals surface area contributed by atoms with E-state index in [2.05, 4.69) is 10.3 Å². The molecule has 1 aromatic carbocycles. The molecular formula is C19H25Cl2N3O4. The van der Waals surface area contributed by atoms with Crippen LogP contribution in [0.1, 0.15) is 10.4 Å². The van der Waals surface area contributed by atoms with Crippen molar-refractivity contribution in [2.24, 2.45) is 0 Å². The fourth-order valence-corrected chi connectivity index (χ4v) is 2.93. The molecule has 9 heteroatoms. The van der Waals surface area contributed by atoms with Gasteiger partial charge >= 0.3 is 0 Å². The summed E-state index contributed by atoms with van der Waals surface area (Å²) in [5.41, 5.74) is 0.515. The van der Waals surface area contributed by atoms with Gasteiger partial charge < -0.3 is 24.4 Å². The zero-order valence-electron chi connectivity index (χ0n) is 15.8. The van der Waals surface area contributed by atoms with Gasteiger partial charge in [-0.1, -0.05) is 0 Å². The predicted octanol–water partition coefficient (Wildman–Crippen LogP) is 2.44. The fraction of sp³-hybridized carbons (Fsp3) is 0.368. The summed E-state index contributed by atoms with van der Waals surface area (Å²) in [5.74, 6) is 1.76. The highest BCUT2D eigenvalue weighted by Gasteiger charge is 2.29. The molecule has 1 saturated heterocycles. The molecule has 1 unspecified atom stereocenters. The molecule has 2 aromatic rings. The van der Waals surface area contributed by atoms with Crippen LogP contribution in [0.3, 0.4) is 0 Å². The van der Waals surface area contributed by atoms with E-state index >= 15 is 0 Å². The van der Waals surface area contributed by atoms with Crippen LogP contribution in [-0.4, -0.2) is 62.3 Å². The number of ether oxygens (including phenoxy) is 3. The Morgan fingerprint density at radius 1 is 1.21 bits per heavy atom. The lowest BCUT2D eigenvalue weighted by molar-refractivity contribution is 0.0556. The summed E-state index contributed by atoms with van der Waals surface area (Å²) in [6, 6.07) is 8.81. The van der Waals surface area contributed by atoms with E-state index in [1.807, 2.05) is 17.0 Å². The largest absolute Gasteiger partial charge is 0.497 e. The Balaban J connectivity index is 0.00000196. The average molecular weight is 430 g/mol.